The second-order valence-corrected chi connectivity index (χ2v) is 15.2. The number of rotatable bonds is 8. The number of ether oxygens (including phenoxy) is 2. The standard InChI is InChI=1S/C34H41ClN2O6S/c1-3-16-44(40,41)36-32(38)24-8-12-30-29(18-24)37(20-25-7-10-27(25)31-19-34(39,4-2)14-15-42-31)21-33(22-43-30)13-5-6-23-17-26(35)9-11-28(23)33/h3-4,8-9,11-12,17-18,25,27,31,39H,1-2,5-7,10,13-16,19-22H2,(H,36,38)/t25-,27+,31-,33-,34+/m0/s1. The van der Waals surface area contributed by atoms with Crippen molar-refractivity contribution >= 4 is 33.2 Å². The molecule has 2 aromatic carbocycles. The molecule has 2 aliphatic carbocycles. The number of fused-ring (bicyclic) bond motifs is 3. The second kappa shape index (κ2) is 12.2. The zero-order valence-electron chi connectivity index (χ0n) is 25.0. The molecule has 5 atom stereocenters. The Kier molecular flexibility index (Phi) is 8.60. The van der Waals surface area contributed by atoms with E-state index in [4.69, 9.17) is 21.1 Å². The number of halogens is 1. The fourth-order valence-corrected chi connectivity index (χ4v) is 8.59. The van der Waals surface area contributed by atoms with Crippen molar-refractivity contribution in [2.24, 2.45) is 11.8 Å². The molecule has 1 saturated heterocycles. The van der Waals surface area contributed by atoms with Gasteiger partial charge >= 0.3 is 0 Å². The first-order chi connectivity index (χ1) is 21.0. The van der Waals surface area contributed by atoms with Crippen LogP contribution in [0, 0.1) is 11.8 Å². The summed E-state index contributed by atoms with van der Waals surface area (Å²) in [6.07, 6.45) is 8.92. The number of carbonyl (C=O) groups excluding carboxylic acids is 1. The van der Waals surface area contributed by atoms with Gasteiger partial charge in [0, 0.05) is 41.9 Å². The Labute approximate surface area is 265 Å². The van der Waals surface area contributed by atoms with E-state index in [9.17, 15) is 18.3 Å². The summed E-state index contributed by atoms with van der Waals surface area (Å²) in [5.74, 6) is 0.233. The minimum Gasteiger partial charge on any atom is -0.490 e. The molecular formula is C34H41ClN2O6S. The van der Waals surface area contributed by atoms with Crippen LogP contribution in [0.5, 0.6) is 5.75 Å². The maximum atomic E-state index is 13.1. The number of aryl methyl sites for hydroxylation is 1. The Bertz CT molecular complexity index is 1560. The quantitative estimate of drug-likeness (QED) is 0.383. The summed E-state index contributed by atoms with van der Waals surface area (Å²) in [5.41, 5.74) is 2.32. The van der Waals surface area contributed by atoms with Gasteiger partial charge in [-0.05, 0) is 85.4 Å². The lowest BCUT2D eigenvalue weighted by molar-refractivity contribution is -0.125. The normalized spacial score (nSPS) is 29.8. The average molecular weight is 641 g/mol. The molecule has 236 valence electrons. The van der Waals surface area contributed by atoms with Gasteiger partial charge in [-0.25, -0.2) is 13.1 Å². The van der Waals surface area contributed by atoms with Crippen LogP contribution in [0.2, 0.25) is 5.02 Å². The van der Waals surface area contributed by atoms with E-state index >= 15 is 0 Å². The molecule has 0 bridgehead atoms. The first kappa shape index (κ1) is 31.1. The van der Waals surface area contributed by atoms with Gasteiger partial charge in [0.2, 0.25) is 10.0 Å². The third-order valence-corrected chi connectivity index (χ3v) is 11.5. The fraction of sp³-hybridized carbons (Fsp3) is 0.500. The highest BCUT2D eigenvalue weighted by molar-refractivity contribution is 7.90. The van der Waals surface area contributed by atoms with E-state index in [2.05, 4.69) is 34.9 Å². The molecule has 1 saturated carbocycles. The third kappa shape index (κ3) is 6.16. The molecule has 0 aromatic heterocycles. The van der Waals surface area contributed by atoms with Crippen molar-refractivity contribution in [2.45, 2.75) is 62.1 Å². The van der Waals surface area contributed by atoms with Gasteiger partial charge in [0.05, 0.1) is 36.4 Å². The Morgan fingerprint density at radius 3 is 2.77 bits per heavy atom. The molecule has 10 heteroatoms. The highest BCUT2D eigenvalue weighted by atomic mass is 35.5. The second-order valence-electron chi connectivity index (χ2n) is 13.0. The lowest BCUT2D eigenvalue weighted by atomic mass is 9.67. The minimum absolute atomic E-state index is 0.0492. The van der Waals surface area contributed by atoms with E-state index in [1.165, 1.54) is 17.2 Å². The van der Waals surface area contributed by atoms with Crippen molar-refractivity contribution in [1.29, 1.82) is 0 Å². The third-order valence-electron chi connectivity index (χ3n) is 10.1. The Hall–Kier alpha value is -2.85. The molecule has 6 rings (SSSR count). The number of sulfonamides is 1. The summed E-state index contributed by atoms with van der Waals surface area (Å²) in [7, 11) is -3.84. The zero-order valence-corrected chi connectivity index (χ0v) is 26.5. The molecule has 2 N–H and O–H groups in total. The number of nitrogens with one attached hydrogen (secondary N) is 1. The van der Waals surface area contributed by atoms with Crippen LogP contribution in [0.15, 0.2) is 61.7 Å². The van der Waals surface area contributed by atoms with Crippen LogP contribution in [0.4, 0.5) is 5.69 Å². The first-order valence-electron chi connectivity index (χ1n) is 15.5. The molecule has 1 spiro atoms. The van der Waals surface area contributed by atoms with E-state index < -0.39 is 21.5 Å². The number of nitrogens with zero attached hydrogens (tertiary/aromatic N) is 1. The Balaban J connectivity index is 1.34. The van der Waals surface area contributed by atoms with Crippen LogP contribution in [0.3, 0.4) is 0 Å². The molecule has 0 unspecified atom stereocenters. The average Bonchev–Trinajstić information content (AvgIpc) is 3.12. The fourth-order valence-electron chi connectivity index (χ4n) is 7.60. The number of amides is 1. The summed E-state index contributed by atoms with van der Waals surface area (Å²) in [6.45, 7) is 9.72. The molecule has 4 aliphatic rings. The predicted molar refractivity (Wildman–Crippen MR) is 172 cm³/mol. The Morgan fingerprint density at radius 1 is 1.18 bits per heavy atom. The Morgan fingerprint density at radius 2 is 2.02 bits per heavy atom. The van der Waals surface area contributed by atoms with Crippen LogP contribution in [-0.4, -0.2) is 63.2 Å². The molecule has 2 fully saturated rings. The molecule has 2 heterocycles. The van der Waals surface area contributed by atoms with Crippen molar-refractivity contribution in [2.75, 3.05) is 37.0 Å². The van der Waals surface area contributed by atoms with Crippen LogP contribution in [0.1, 0.15) is 60.0 Å². The van der Waals surface area contributed by atoms with Gasteiger partial charge in [-0.1, -0.05) is 29.8 Å². The van der Waals surface area contributed by atoms with Gasteiger partial charge in [0.1, 0.15) is 5.75 Å². The summed E-state index contributed by atoms with van der Waals surface area (Å²) in [4.78, 5) is 15.4. The summed E-state index contributed by atoms with van der Waals surface area (Å²) in [6, 6.07) is 11.3. The van der Waals surface area contributed by atoms with E-state index in [1.54, 1.807) is 24.3 Å². The van der Waals surface area contributed by atoms with Gasteiger partial charge in [-0.2, -0.15) is 0 Å². The zero-order chi connectivity index (χ0) is 31.1. The van der Waals surface area contributed by atoms with Crippen LogP contribution in [0.25, 0.3) is 0 Å². The maximum Gasteiger partial charge on any atom is 0.264 e. The molecule has 44 heavy (non-hydrogen) atoms. The largest absolute Gasteiger partial charge is 0.490 e. The molecule has 8 nitrogen and oxygen atoms in total. The molecule has 1 amide bonds. The maximum absolute atomic E-state index is 13.1. The van der Waals surface area contributed by atoms with E-state index in [-0.39, 0.29) is 22.8 Å². The molecule has 2 aliphatic heterocycles. The van der Waals surface area contributed by atoms with Crippen molar-refractivity contribution in [3.63, 3.8) is 0 Å². The smallest absolute Gasteiger partial charge is 0.264 e. The van der Waals surface area contributed by atoms with Crippen molar-refractivity contribution in [1.82, 2.24) is 4.72 Å². The lowest BCUT2D eigenvalue weighted by Crippen LogP contribution is -2.52. The number of aliphatic hydroxyl groups is 1. The van der Waals surface area contributed by atoms with Gasteiger partial charge in [-0.3, -0.25) is 4.79 Å². The van der Waals surface area contributed by atoms with Crippen LogP contribution >= 0.6 is 11.6 Å². The lowest BCUT2D eigenvalue weighted by Gasteiger charge is -2.48. The van der Waals surface area contributed by atoms with Gasteiger partial charge in [0.15, 0.2) is 0 Å². The molecular weight excluding hydrogens is 600 g/mol. The highest BCUT2D eigenvalue weighted by Crippen LogP contribution is 2.48. The van der Waals surface area contributed by atoms with E-state index in [1.807, 2.05) is 6.07 Å². The van der Waals surface area contributed by atoms with Crippen molar-refractivity contribution in [3.05, 3.63) is 83.4 Å². The van der Waals surface area contributed by atoms with Crippen LogP contribution in [-0.2, 0) is 26.6 Å². The van der Waals surface area contributed by atoms with Gasteiger partial charge in [0.25, 0.3) is 5.91 Å². The summed E-state index contributed by atoms with van der Waals surface area (Å²) >= 11 is 6.40. The molecule has 2 aromatic rings. The number of carbonyl (C=O) groups is 1. The highest BCUT2D eigenvalue weighted by Gasteiger charge is 2.46. The van der Waals surface area contributed by atoms with E-state index in [0.717, 1.165) is 49.4 Å². The van der Waals surface area contributed by atoms with Crippen LogP contribution < -0.4 is 14.4 Å². The SMILES string of the molecule is C=CCS(=O)(=O)NC(=O)c1ccc2c(c1)N(C[C@@H]1CC[C@H]1[C@@H]1C[C@@](O)(C=C)CCO1)C[C@@]1(CCCc3cc(Cl)ccc31)CO2. The first-order valence-corrected chi connectivity index (χ1v) is 17.5. The number of hydrogen-bond acceptors (Lipinski definition) is 7. The van der Waals surface area contributed by atoms with E-state index in [0.29, 0.717) is 50.2 Å². The minimum atomic E-state index is -3.84. The predicted octanol–water partition coefficient (Wildman–Crippen LogP) is 5.18. The van der Waals surface area contributed by atoms with Crippen molar-refractivity contribution < 1.29 is 27.8 Å². The van der Waals surface area contributed by atoms with Crippen molar-refractivity contribution in [3.8, 4) is 5.75 Å². The number of anilines is 1. The summed E-state index contributed by atoms with van der Waals surface area (Å²) in [5, 5.41) is 11.7. The topological polar surface area (TPSA) is 105 Å². The summed E-state index contributed by atoms with van der Waals surface area (Å²) < 4.78 is 39.6. The number of hydrogen-bond donors (Lipinski definition) is 2. The number of benzene rings is 2. The van der Waals surface area contributed by atoms with Gasteiger partial charge < -0.3 is 19.5 Å². The molecule has 0 radical (unpaired) electrons. The monoisotopic (exact) mass is 640 g/mol. The van der Waals surface area contributed by atoms with Gasteiger partial charge in [-0.15, -0.1) is 13.2 Å².